The summed E-state index contributed by atoms with van der Waals surface area (Å²) in [5, 5.41) is 15.1. The van der Waals surface area contributed by atoms with Gasteiger partial charge in [-0.05, 0) is 6.42 Å². The molecule has 70 valence electrons. The van der Waals surface area contributed by atoms with Gasteiger partial charge in [0, 0.05) is 12.5 Å². The standard InChI is InChI=1S/C8H16N2O2/c1-5(2)9-6-3-4-7(11)10-8(6)12/h5-6,8-9,12H,3-4H2,1-2H3,(H,10,11). The van der Waals surface area contributed by atoms with Gasteiger partial charge in [0.1, 0.15) is 6.23 Å². The van der Waals surface area contributed by atoms with E-state index in [1.54, 1.807) is 0 Å². The van der Waals surface area contributed by atoms with Crippen LogP contribution in [-0.4, -0.2) is 29.3 Å². The molecular weight excluding hydrogens is 156 g/mol. The zero-order valence-corrected chi connectivity index (χ0v) is 7.50. The van der Waals surface area contributed by atoms with E-state index in [-0.39, 0.29) is 11.9 Å². The van der Waals surface area contributed by atoms with E-state index < -0.39 is 6.23 Å². The number of rotatable bonds is 2. The van der Waals surface area contributed by atoms with Crippen LogP contribution in [0.15, 0.2) is 0 Å². The van der Waals surface area contributed by atoms with Crippen LogP contribution < -0.4 is 10.6 Å². The maximum Gasteiger partial charge on any atom is 0.222 e. The highest BCUT2D eigenvalue weighted by Crippen LogP contribution is 2.08. The van der Waals surface area contributed by atoms with E-state index in [4.69, 9.17) is 0 Å². The molecule has 1 rings (SSSR count). The second-order valence-electron chi connectivity index (χ2n) is 3.48. The maximum atomic E-state index is 10.8. The summed E-state index contributed by atoms with van der Waals surface area (Å²) in [5.74, 6) is -0.0655. The van der Waals surface area contributed by atoms with Gasteiger partial charge in [-0.1, -0.05) is 13.8 Å². The van der Waals surface area contributed by atoms with Gasteiger partial charge in [-0.15, -0.1) is 0 Å². The minimum absolute atomic E-state index is 0.00250. The second kappa shape index (κ2) is 3.87. The van der Waals surface area contributed by atoms with Crippen molar-refractivity contribution in [2.24, 2.45) is 0 Å². The first kappa shape index (κ1) is 9.48. The largest absolute Gasteiger partial charge is 0.372 e. The number of aliphatic hydroxyl groups is 1. The number of hydrogen-bond acceptors (Lipinski definition) is 3. The Morgan fingerprint density at radius 2 is 2.33 bits per heavy atom. The summed E-state index contributed by atoms with van der Waals surface area (Å²) in [5.41, 5.74) is 0. The lowest BCUT2D eigenvalue weighted by atomic mass is 10.0. The molecule has 2 unspecified atom stereocenters. The Balaban J connectivity index is 2.39. The molecular formula is C8H16N2O2. The number of hydrogen-bond donors (Lipinski definition) is 3. The van der Waals surface area contributed by atoms with E-state index in [0.717, 1.165) is 0 Å². The molecule has 0 radical (unpaired) electrons. The van der Waals surface area contributed by atoms with Crippen LogP contribution >= 0.6 is 0 Å². The SMILES string of the molecule is CC(C)NC1CCC(=O)NC1O. The average Bonchev–Trinajstić information content (AvgIpc) is 1.94. The molecule has 1 fully saturated rings. The smallest absolute Gasteiger partial charge is 0.222 e. The van der Waals surface area contributed by atoms with E-state index in [2.05, 4.69) is 10.6 Å². The Kier molecular flexibility index (Phi) is 3.05. The van der Waals surface area contributed by atoms with Gasteiger partial charge in [-0.25, -0.2) is 0 Å². The van der Waals surface area contributed by atoms with Crippen molar-refractivity contribution in [1.29, 1.82) is 0 Å². The lowest BCUT2D eigenvalue weighted by molar-refractivity contribution is -0.127. The van der Waals surface area contributed by atoms with Gasteiger partial charge >= 0.3 is 0 Å². The molecule has 0 aromatic carbocycles. The van der Waals surface area contributed by atoms with Crippen LogP contribution in [0.4, 0.5) is 0 Å². The highest BCUT2D eigenvalue weighted by Gasteiger charge is 2.26. The van der Waals surface area contributed by atoms with Crippen LogP contribution in [0.5, 0.6) is 0 Å². The van der Waals surface area contributed by atoms with E-state index in [1.807, 2.05) is 13.8 Å². The van der Waals surface area contributed by atoms with Crippen LogP contribution in [0.2, 0.25) is 0 Å². The molecule has 12 heavy (non-hydrogen) atoms. The van der Waals surface area contributed by atoms with Crippen molar-refractivity contribution >= 4 is 5.91 Å². The molecule has 0 spiro atoms. The third-order valence-corrected chi connectivity index (χ3v) is 1.92. The summed E-state index contributed by atoms with van der Waals surface area (Å²) in [4.78, 5) is 10.8. The van der Waals surface area contributed by atoms with Crippen LogP contribution in [0.1, 0.15) is 26.7 Å². The zero-order valence-electron chi connectivity index (χ0n) is 7.50. The Bertz CT molecular complexity index is 170. The third-order valence-electron chi connectivity index (χ3n) is 1.92. The number of amides is 1. The van der Waals surface area contributed by atoms with E-state index in [0.29, 0.717) is 18.9 Å². The fourth-order valence-electron chi connectivity index (χ4n) is 1.38. The summed E-state index contributed by atoms with van der Waals surface area (Å²) in [7, 11) is 0. The molecule has 4 nitrogen and oxygen atoms in total. The minimum Gasteiger partial charge on any atom is -0.372 e. The molecule has 1 aliphatic heterocycles. The van der Waals surface area contributed by atoms with Crippen molar-refractivity contribution in [2.75, 3.05) is 0 Å². The number of aliphatic hydroxyl groups excluding tert-OH is 1. The van der Waals surface area contributed by atoms with Gasteiger partial charge < -0.3 is 15.7 Å². The topological polar surface area (TPSA) is 61.4 Å². The number of nitrogens with one attached hydrogen (secondary N) is 2. The number of carbonyl (C=O) groups is 1. The van der Waals surface area contributed by atoms with E-state index in [9.17, 15) is 9.90 Å². The first-order valence-electron chi connectivity index (χ1n) is 4.33. The van der Waals surface area contributed by atoms with Gasteiger partial charge in [0.2, 0.25) is 5.91 Å². The Morgan fingerprint density at radius 1 is 1.67 bits per heavy atom. The highest BCUT2D eigenvalue weighted by molar-refractivity contribution is 5.77. The average molecular weight is 172 g/mol. The minimum atomic E-state index is -0.728. The van der Waals surface area contributed by atoms with Gasteiger partial charge in [0.05, 0.1) is 6.04 Å². The summed E-state index contributed by atoms with van der Waals surface area (Å²) in [6.07, 6.45) is 0.487. The summed E-state index contributed by atoms with van der Waals surface area (Å²) in [6.45, 7) is 4.03. The van der Waals surface area contributed by atoms with E-state index >= 15 is 0 Å². The molecule has 1 heterocycles. The lowest BCUT2D eigenvalue weighted by Gasteiger charge is -2.30. The molecule has 0 saturated carbocycles. The fourth-order valence-corrected chi connectivity index (χ4v) is 1.38. The number of carbonyl (C=O) groups excluding carboxylic acids is 1. The van der Waals surface area contributed by atoms with Crippen molar-refractivity contribution < 1.29 is 9.90 Å². The monoisotopic (exact) mass is 172 g/mol. The zero-order chi connectivity index (χ0) is 9.14. The van der Waals surface area contributed by atoms with E-state index in [1.165, 1.54) is 0 Å². The molecule has 1 aliphatic rings. The molecule has 2 atom stereocenters. The maximum absolute atomic E-state index is 10.8. The molecule has 0 aromatic heterocycles. The van der Waals surface area contributed by atoms with Gasteiger partial charge in [-0.2, -0.15) is 0 Å². The highest BCUT2D eigenvalue weighted by atomic mass is 16.3. The Hall–Kier alpha value is -0.610. The molecule has 1 amide bonds. The van der Waals surface area contributed by atoms with Gasteiger partial charge in [-0.3, -0.25) is 4.79 Å². The third kappa shape index (κ3) is 2.46. The molecule has 3 N–H and O–H groups in total. The van der Waals surface area contributed by atoms with Crippen LogP contribution in [0.3, 0.4) is 0 Å². The Morgan fingerprint density at radius 3 is 2.83 bits per heavy atom. The Labute approximate surface area is 72.3 Å². The summed E-state index contributed by atoms with van der Waals surface area (Å²) < 4.78 is 0. The van der Waals surface area contributed by atoms with Crippen molar-refractivity contribution in [1.82, 2.24) is 10.6 Å². The van der Waals surface area contributed by atoms with Gasteiger partial charge in [0.25, 0.3) is 0 Å². The lowest BCUT2D eigenvalue weighted by Crippen LogP contribution is -2.55. The molecule has 0 aliphatic carbocycles. The summed E-state index contributed by atoms with van der Waals surface area (Å²) in [6, 6.07) is 0.336. The molecule has 0 aromatic rings. The quantitative estimate of drug-likeness (QED) is 0.530. The molecule has 1 saturated heterocycles. The van der Waals surface area contributed by atoms with Crippen LogP contribution in [-0.2, 0) is 4.79 Å². The number of piperidine rings is 1. The van der Waals surface area contributed by atoms with Crippen molar-refractivity contribution in [3.63, 3.8) is 0 Å². The summed E-state index contributed by atoms with van der Waals surface area (Å²) >= 11 is 0. The van der Waals surface area contributed by atoms with Crippen LogP contribution in [0.25, 0.3) is 0 Å². The van der Waals surface area contributed by atoms with Crippen molar-refractivity contribution in [3.05, 3.63) is 0 Å². The predicted octanol–water partition coefficient (Wildman–Crippen LogP) is -0.419. The van der Waals surface area contributed by atoms with Crippen molar-refractivity contribution in [2.45, 2.75) is 45.0 Å². The van der Waals surface area contributed by atoms with Gasteiger partial charge in [0.15, 0.2) is 0 Å². The van der Waals surface area contributed by atoms with Crippen LogP contribution in [0, 0.1) is 0 Å². The first-order chi connectivity index (χ1) is 5.59. The molecule has 4 heteroatoms. The predicted molar refractivity (Wildman–Crippen MR) is 45.4 cm³/mol. The normalized spacial score (nSPS) is 30.5. The molecule has 0 bridgehead atoms. The first-order valence-corrected chi connectivity index (χ1v) is 4.33. The second-order valence-corrected chi connectivity index (χ2v) is 3.48. The fraction of sp³-hybridized carbons (Fsp3) is 0.875. The van der Waals surface area contributed by atoms with Crippen molar-refractivity contribution in [3.8, 4) is 0 Å².